The van der Waals surface area contributed by atoms with Gasteiger partial charge in [0.2, 0.25) is 0 Å². The number of carbonyl (C=O) groups excluding carboxylic acids is 1. The molecule has 2 aliphatic rings. The zero-order chi connectivity index (χ0) is 19.0. The van der Waals surface area contributed by atoms with Crippen LogP contribution in [0.1, 0.15) is 78.6 Å². The van der Waals surface area contributed by atoms with Crippen LogP contribution in [0, 0.1) is 5.92 Å². The molecule has 0 bridgehead atoms. The predicted molar refractivity (Wildman–Crippen MR) is 103 cm³/mol. The molecular formula is C20H35O5P. The standard InChI is InChI=1S/C20H35O5P/c1-4-7-8-9-10-11-12-13-18-19-16(15-23-18)14-17(21)20(19)26(22,24-5-2)25-6-3/h16,18H,4-15H2,1-3H3/t16-,18+/m1/s1. The molecule has 0 amide bonds. The van der Waals surface area contributed by atoms with Gasteiger partial charge in [0.05, 0.1) is 25.9 Å². The van der Waals surface area contributed by atoms with Gasteiger partial charge < -0.3 is 13.8 Å². The minimum Gasteiger partial charge on any atom is -0.373 e. The van der Waals surface area contributed by atoms with E-state index in [2.05, 4.69) is 6.92 Å². The highest BCUT2D eigenvalue weighted by Crippen LogP contribution is 2.62. The Hall–Kier alpha value is -0.480. The number of Topliss-reactive ketones (excluding diaryl/α,β-unsaturated/α-hetero) is 1. The monoisotopic (exact) mass is 386 g/mol. The molecule has 0 N–H and O–H groups in total. The van der Waals surface area contributed by atoms with Crippen LogP contribution in [-0.4, -0.2) is 31.7 Å². The molecule has 150 valence electrons. The van der Waals surface area contributed by atoms with Crippen LogP contribution in [0.3, 0.4) is 0 Å². The number of ketones is 1. The summed E-state index contributed by atoms with van der Waals surface area (Å²) in [5, 5.41) is 0.302. The lowest BCUT2D eigenvalue weighted by Gasteiger charge is -2.20. The Labute approximate surface area is 158 Å². The van der Waals surface area contributed by atoms with E-state index in [0.29, 0.717) is 18.3 Å². The first kappa shape index (κ1) is 21.8. The van der Waals surface area contributed by atoms with Crippen LogP contribution in [0.2, 0.25) is 0 Å². The minimum absolute atomic E-state index is 0.0568. The molecule has 0 unspecified atom stereocenters. The van der Waals surface area contributed by atoms with E-state index in [0.717, 1.165) is 18.4 Å². The van der Waals surface area contributed by atoms with Crippen molar-refractivity contribution in [1.29, 1.82) is 0 Å². The Balaban J connectivity index is 2.01. The van der Waals surface area contributed by atoms with E-state index in [1.165, 1.54) is 38.5 Å². The molecule has 0 aromatic heterocycles. The largest absolute Gasteiger partial charge is 0.373 e. The van der Waals surface area contributed by atoms with Gasteiger partial charge in [-0.1, -0.05) is 51.9 Å². The molecule has 0 aromatic carbocycles. The van der Waals surface area contributed by atoms with Crippen molar-refractivity contribution in [2.24, 2.45) is 5.92 Å². The Kier molecular flexibility index (Phi) is 9.02. The van der Waals surface area contributed by atoms with Crippen molar-refractivity contribution in [3.8, 4) is 0 Å². The van der Waals surface area contributed by atoms with E-state index in [4.69, 9.17) is 13.8 Å². The molecule has 2 rings (SSSR count). The van der Waals surface area contributed by atoms with Crippen molar-refractivity contribution in [2.45, 2.75) is 84.7 Å². The maximum atomic E-state index is 13.2. The number of rotatable bonds is 13. The summed E-state index contributed by atoms with van der Waals surface area (Å²) >= 11 is 0. The van der Waals surface area contributed by atoms with Crippen LogP contribution in [0.4, 0.5) is 0 Å². The highest BCUT2D eigenvalue weighted by atomic mass is 31.2. The zero-order valence-electron chi connectivity index (χ0n) is 16.6. The third kappa shape index (κ3) is 5.28. The molecule has 1 aliphatic heterocycles. The molecule has 0 saturated carbocycles. The van der Waals surface area contributed by atoms with Gasteiger partial charge in [0, 0.05) is 12.3 Å². The van der Waals surface area contributed by atoms with Crippen molar-refractivity contribution >= 4 is 13.4 Å². The molecule has 0 aromatic rings. The SMILES string of the molecule is CCCCCCCCC[C@@H]1OC[C@H]2CC(=O)C(P(=O)(OCC)OCC)=C21. The fourth-order valence-electron chi connectivity index (χ4n) is 4.01. The second kappa shape index (κ2) is 10.8. The summed E-state index contributed by atoms with van der Waals surface area (Å²) in [5.41, 5.74) is 0.909. The Morgan fingerprint density at radius 2 is 1.62 bits per heavy atom. The summed E-state index contributed by atoms with van der Waals surface area (Å²) in [6, 6.07) is 0. The average Bonchev–Trinajstić information content (AvgIpc) is 3.12. The van der Waals surface area contributed by atoms with Gasteiger partial charge in [-0.3, -0.25) is 9.36 Å². The quantitative estimate of drug-likeness (QED) is 0.303. The average molecular weight is 386 g/mol. The first-order chi connectivity index (χ1) is 12.6. The fourth-order valence-corrected chi connectivity index (χ4v) is 6.07. The van der Waals surface area contributed by atoms with Crippen molar-refractivity contribution in [1.82, 2.24) is 0 Å². The first-order valence-electron chi connectivity index (χ1n) is 10.4. The molecule has 1 fully saturated rings. The van der Waals surface area contributed by atoms with Crippen LogP contribution < -0.4 is 0 Å². The van der Waals surface area contributed by atoms with E-state index in [1.54, 1.807) is 13.8 Å². The highest BCUT2D eigenvalue weighted by Gasteiger charge is 2.49. The van der Waals surface area contributed by atoms with Crippen molar-refractivity contribution in [3.63, 3.8) is 0 Å². The lowest BCUT2D eigenvalue weighted by atomic mass is 9.97. The molecule has 1 saturated heterocycles. The van der Waals surface area contributed by atoms with E-state index < -0.39 is 7.60 Å². The normalized spacial score (nSPS) is 23.1. The van der Waals surface area contributed by atoms with Crippen LogP contribution in [-0.2, 0) is 23.1 Å². The maximum Gasteiger partial charge on any atom is 0.364 e. The number of carbonyl (C=O) groups is 1. The first-order valence-corrected chi connectivity index (χ1v) is 11.9. The van der Waals surface area contributed by atoms with Crippen molar-refractivity contribution in [3.05, 3.63) is 10.9 Å². The molecule has 26 heavy (non-hydrogen) atoms. The Morgan fingerprint density at radius 3 is 2.23 bits per heavy atom. The number of allylic oxidation sites excluding steroid dienone is 1. The summed E-state index contributed by atoms with van der Waals surface area (Å²) in [4.78, 5) is 12.6. The predicted octanol–water partition coefficient (Wildman–Crippen LogP) is 5.64. The number of hydrogen-bond donors (Lipinski definition) is 0. The number of fused-ring (bicyclic) bond motifs is 1. The number of unbranched alkanes of at least 4 members (excludes halogenated alkanes) is 6. The zero-order valence-corrected chi connectivity index (χ0v) is 17.5. The summed E-state index contributed by atoms with van der Waals surface area (Å²) in [5.74, 6) is -0.0237. The summed E-state index contributed by atoms with van der Waals surface area (Å²) < 4.78 is 30.1. The smallest absolute Gasteiger partial charge is 0.364 e. The molecule has 1 aliphatic carbocycles. The molecule has 0 spiro atoms. The Morgan fingerprint density at radius 1 is 1.00 bits per heavy atom. The van der Waals surface area contributed by atoms with E-state index in [-0.39, 0.29) is 31.0 Å². The van der Waals surface area contributed by atoms with Crippen LogP contribution in [0.15, 0.2) is 10.9 Å². The number of hydrogen-bond acceptors (Lipinski definition) is 5. The van der Waals surface area contributed by atoms with Gasteiger partial charge in [-0.25, -0.2) is 0 Å². The lowest BCUT2D eigenvalue weighted by Crippen LogP contribution is -2.12. The maximum absolute atomic E-state index is 13.2. The highest BCUT2D eigenvalue weighted by molar-refractivity contribution is 7.60. The fraction of sp³-hybridized carbons (Fsp3) is 0.850. The second-order valence-electron chi connectivity index (χ2n) is 7.19. The molecule has 2 atom stereocenters. The summed E-state index contributed by atoms with van der Waals surface area (Å²) in [7, 11) is -3.54. The molecule has 5 nitrogen and oxygen atoms in total. The van der Waals surface area contributed by atoms with E-state index in [1.807, 2.05) is 0 Å². The number of ether oxygens (including phenoxy) is 1. The summed E-state index contributed by atoms with van der Waals surface area (Å²) in [6.07, 6.45) is 9.84. The van der Waals surface area contributed by atoms with Crippen molar-refractivity contribution in [2.75, 3.05) is 19.8 Å². The van der Waals surface area contributed by atoms with Crippen molar-refractivity contribution < 1.29 is 23.1 Å². The van der Waals surface area contributed by atoms with Crippen LogP contribution >= 0.6 is 7.60 Å². The second-order valence-corrected chi connectivity index (χ2v) is 9.15. The van der Waals surface area contributed by atoms with Crippen LogP contribution in [0.5, 0.6) is 0 Å². The lowest BCUT2D eigenvalue weighted by molar-refractivity contribution is -0.115. The van der Waals surface area contributed by atoms with Gasteiger partial charge in [-0.15, -0.1) is 0 Å². The summed E-state index contributed by atoms with van der Waals surface area (Å²) in [6.45, 7) is 6.84. The third-order valence-corrected chi connectivity index (χ3v) is 7.45. The van der Waals surface area contributed by atoms with E-state index in [9.17, 15) is 9.36 Å². The minimum atomic E-state index is -3.54. The van der Waals surface area contributed by atoms with Gasteiger partial charge in [0.25, 0.3) is 0 Å². The molecular weight excluding hydrogens is 351 g/mol. The van der Waals surface area contributed by atoms with Gasteiger partial charge in [0.1, 0.15) is 5.31 Å². The Bertz CT molecular complexity index is 532. The van der Waals surface area contributed by atoms with Gasteiger partial charge in [-0.05, 0) is 25.8 Å². The molecule has 6 heteroatoms. The molecule has 1 heterocycles. The van der Waals surface area contributed by atoms with Crippen LogP contribution in [0.25, 0.3) is 0 Å². The van der Waals surface area contributed by atoms with Gasteiger partial charge in [0.15, 0.2) is 5.78 Å². The van der Waals surface area contributed by atoms with Gasteiger partial charge >= 0.3 is 7.60 Å². The van der Waals surface area contributed by atoms with Gasteiger partial charge in [-0.2, -0.15) is 0 Å². The molecule has 0 radical (unpaired) electrons. The topological polar surface area (TPSA) is 61.8 Å². The third-order valence-electron chi connectivity index (χ3n) is 5.20. The van der Waals surface area contributed by atoms with E-state index >= 15 is 0 Å².